The zero-order valence-electron chi connectivity index (χ0n) is 13.4. The Kier molecular flexibility index (Phi) is 3.89. The molecular formula is C19H12F2N4O. The Labute approximate surface area is 146 Å². The molecule has 5 nitrogen and oxygen atoms in total. The van der Waals surface area contributed by atoms with E-state index >= 15 is 0 Å². The second kappa shape index (κ2) is 6.36. The number of benzene rings is 2. The minimum absolute atomic E-state index is 0.325. The number of imidazole rings is 1. The number of pyridine rings is 1. The number of halogens is 2. The van der Waals surface area contributed by atoms with Gasteiger partial charge in [-0.05, 0) is 36.4 Å². The largest absolute Gasteiger partial charge is 0.320 e. The number of anilines is 1. The first-order chi connectivity index (χ1) is 12.6. The van der Waals surface area contributed by atoms with Gasteiger partial charge in [-0.1, -0.05) is 18.2 Å². The smallest absolute Gasteiger partial charge is 0.261 e. The number of carbonyl (C=O) groups is 1. The molecule has 0 radical (unpaired) electrons. The van der Waals surface area contributed by atoms with E-state index in [1.54, 1.807) is 23.0 Å². The van der Waals surface area contributed by atoms with Gasteiger partial charge in [0.05, 0.1) is 22.9 Å². The molecule has 2 aromatic carbocycles. The van der Waals surface area contributed by atoms with E-state index in [2.05, 4.69) is 15.3 Å². The third-order valence-corrected chi connectivity index (χ3v) is 3.90. The predicted molar refractivity (Wildman–Crippen MR) is 93.2 cm³/mol. The molecule has 2 heterocycles. The van der Waals surface area contributed by atoms with E-state index in [0.29, 0.717) is 11.5 Å². The molecule has 1 amide bonds. The highest BCUT2D eigenvalue weighted by Gasteiger charge is 2.17. The first-order valence-corrected chi connectivity index (χ1v) is 7.77. The molecular weight excluding hydrogens is 338 g/mol. The molecule has 2 aromatic heterocycles. The van der Waals surface area contributed by atoms with Crippen molar-refractivity contribution in [3.05, 3.63) is 84.3 Å². The highest BCUT2D eigenvalue weighted by molar-refractivity contribution is 6.04. The van der Waals surface area contributed by atoms with Crippen molar-refractivity contribution in [3.63, 3.8) is 0 Å². The van der Waals surface area contributed by atoms with Crippen LogP contribution in [-0.4, -0.2) is 20.4 Å². The van der Waals surface area contributed by atoms with Crippen LogP contribution in [0.3, 0.4) is 0 Å². The standard InChI is InChI=1S/C19H12F2N4O/c20-13-4-3-5-14(21)18(13)19(26)24-12-8-9-17(22-10-12)25-11-23-15-6-1-2-7-16(15)25/h1-11H,(H,24,26). The molecule has 0 saturated carbocycles. The van der Waals surface area contributed by atoms with Crippen LogP contribution in [0, 0.1) is 11.6 Å². The van der Waals surface area contributed by atoms with Gasteiger partial charge in [0.2, 0.25) is 0 Å². The molecule has 1 N–H and O–H groups in total. The van der Waals surface area contributed by atoms with E-state index in [0.717, 1.165) is 23.2 Å². The van der Waals surface area contributed by atoms with Gasteiger partial charge in [0.25, 0.3) is 5.91 Å². The Morgan fingerprint density at radius 1 is 0.923 bits per heavy atom. The van der Waals surface area contributed by atoms with E-state index in [-0.39, 0.29) is 0 Å². The Bertz CT molecular complexity index is 1090. The van der Waals surface area contributed by atoms with Crippen LogP contribution >= 0.6 is 0 Å². The van der Waals surface area contributed by atoms with E-state index in [9.17, 15) is 13.6 Å². The summed E-state index contributed by atoms with van der Waals surface area (Å²) in [5.41, 5.74) is 1.43. The molecule has 4 aromatic rings. The number of carbonyl (C=O) groups excluding carboxylic acids is 1. The highest BCUT2D eigenvalue weighted by Crippen LogP contribution is 2.19. The van der Waals surface area contributed by atoms with Crippen molar-refractivity contribution in [1.29, 1.82) is 0 Å². The third kappa shape index (κ3) is 2.79. The number of nitrogens with one attached hydrogen (secondary N) is 1. The topological polar surface area (TPSA) is 59.8 Å². The van der Waals surface area contributed by atoms with Crippen molar-refractivity contribution in [3.8, 4) is 5.82 Å². The van der Waals surface area contributed by atoms with Crippen molar-refractivity contribution < 1.29 is 13.6 Å². The van der Waals surface area contributed by atoms with Gasteiger partial charge in [0, 0.05) is 0 Å². The van der Waals surface area contributed by atoms with Crippen LogP contribution < -0.4 is 5.32 Å². The molecule has 26 heavy (non-hydrogen) atoms. The zero-order chi connectivity index (χ0) is 18.1. The molecule has 0 saturated heterocycles. The van der Waals surface area contributed by atoms with Gasteiger partial charge >= 0.3 is 0 Å². The maximum absolute atomic E-state index is 13.7. The first-order valence-electron chi connectivity index (χ1n) is 7.77. The lowest BCUT2D eigenvalue weighted by molar-refractivity contribution is 0.101. The molecule has 7 heteroatoms. The number of amides is 1. The lowest BCUT2D eigenvalue weighted by atomic mass is 10.2. The van der Waals surface area contributed by atoms with Gasteiger partial charge in [-0.2, -0.15) is 0 Å². The van der Waals surface area contributed by atoms with E-state index in [1.807, 2.05) is 24.3 Å². The average molecular weight is 350 g/mol. The lowest BCUT2D eigenvalue weighted by Gasteiger charge is -2.08. The number of hydrogen-bond acceptors (Lipinski definition) is 3. The summed E-state index contributed by atoms with van der Waals surface area (Å²) < 4.78 is 29.2. The van der Waals surface area contributed by atoms with Gasteiger partial charge in [0.1, 0.15) is 29.3 Å². The van der Waals surface area contributed by atoms with Crippen molar-refractivity contribution in [2.45, 2.75) is 0 Å². The average Bonchev–Trinajstić information content (AvgIpc) is 3.06. The second-order valence-corrected chi connectivity index (χ2v) is 5.56. The molecule has 0 bridgehead atoms. The summed E-state index contributed by atoms with van der Waals surface area (Å²) in [5, 5.41) is 2.44. The van der Waals surface area contributed by atoms with Gasteiger partial charge in [-0.15, -0.1) is 0 Å². The number of hydrogen-bond donors (Lipinski definition) is 1. The number of nitrogens with zero attached hydrogens (tertiary/aromatic N) is 3. The van der Waals surface area contributed by atoms with Gasteiger partial charge in [0.15, 0.2) is 0 Å². The summed E-state index contributed by atoms with van der Waals surface area (Å²) in [4.78, 5) is 20.7. The monoisotopic (exact) mass is 350 g/mol. The molecule has 0 atom stereocenters. The number of para-hydroxylation sites is 2. The summed E-state index contributed by atoms with van der Waals surface area (Å²) in [6, 6.07) is 14.2. The normalized spacial score (nSPS) is 10.8. The van der Waals surface area contributed by atoms with E-state index in [1.165, 1.54) is 12.3 Å². The SMILES string of the molecule is O=C(Nc1ccc(-n2cnc3ccccc32)nc1)c1c(F)cccc1F. The highest BCUT2D eigenvalue weighted by atomic mass is 19.1. The first kappa shape index (κ1) is 15.9. The molecule has 0 aliphatic heterocycles. The van der Waals surface area contributed by atoms with Gasteiger partial charge < -0.3 is 5.32 Å². The van der Waals surface area contributed by atoms with E-state index < -0.39 is 23.1 Å². The van der Waals surface area contributed by atoms with Crippen molar-refractivity contribution in [2.24, 2.45) is 0 Å². The Balaban J connectivity index is 1.59. The van der Waals surface area contributed by atoms with Crippen LogP contribution in [0.2, 0.25) is 0 Å². The number of rotatable bonds is 3. The molecule has 0 aliphatic carbocycles. The van der Waals surface area contributed by atoms with E-state index in [4.69, 9.17) is 0 Å². The summed E-state index contributed by atoms with van der Waals surface area (Å²) in [6.45, 7) is 0. The van der Waals surface area contributed by atoms with Crippen LogP contribution in [0.5, 0.6) is 0 Å². The van der Waals surface area contributed by atoms with Gasteiger partial charge in [-0.25, -0.2) is 18.7 Å². The third-order valence-electron chi connectivity index (χ3n) is 3.90. The maximum Gasteiger partial charge on any atom is 0.261 e. The minimum Gasteiger partial charge on any atom is -0.320 e. The molecule has 0 aliphatic rings. The fourth-order valence-electron chi connectivity index (χ4n) is 2.65. The van der Waals surface area contributed by atoms with Gasteiger partial charge in [-0.3, -0.25) is 9.36 Å². The predicted octanol–water partition coefficient (Wildman–Crippen LogP) is 3.95. The van der Waals surface area contributed by atoms with Crippen LogP contribution in [0.1, 0.15) is 10.4 Å². The molecule has 128 valence electrons. The summed E-state index contributed by atoms with van der Waals surface area (Å²) in [6.07, 6.45) is 3.07. The summed E-state index contributed by atoms with van der Waals surface area (Å²) in [5.74, 6) is -2.11. The van der Waals surface area contributed by atoms with Crippen molar-refractivity contribution in [1.82, 2.24) is 14.5 Å². The molecule has 4 rings (SSSR count). The fraction of sp³-hybridized carbons (Fsp3) is 0. The fourth-order valence-corrected chi connectivity index (χ4v) is 2.65. The van der Waals surface area contributed by atoms with Crippen LogP contribution in [0.4, 0.5) is 14.5 Å². The summed E-state index contributed by atoms with van der Waals surface area (Å²) >= 11 is 0. The molecule has 0 spiro atoms. The van der Waals surface area contributed by atoms with Crippen LogP contribution in [0.25, 0.3) is 16.9 Å². The second-order valence-electron chi connectivity index (χ2n) is 5.56. The number of aromatic nitrogens is 3. The quantitative estimate of drug-likeness (QED) is 0.609. The zero-order valence-corrected chi connectivity index (χ0v) is 13.4. The molecule has 0 fully saturated rings. The Morgan fingerprint density at radius 3 is 2.42 bits per heavy atom. The van der Waals surface area contributed by atoms with Crippen LogP contribution in [-0.2, 0) is 0 Å². The van der Waals surface area contributed by atoms with Crippen molar-refractivity contribution >= 4 is 22.6 Å². The lowest BCUT2D eigenvalue weighted by Crippen LogP contribution is -2.16. The number of fused-ring (bicyclic) bond motifs is 1. The maximum atomic E-state index is 13.7. The summed E-state index contributed by atoms with van der Waals surface area (Å²) in [7, 11) is 0. The Morgan fingerprint density at radius 2 is 1.69 bits per heavy atom. The molecule has 0 unspecified atom stereocenters. The van der Waals surface area contributed by atoms with Crippen molar-refractivity contribution in [2.75, 3.05) is 5.32 Å². The Hall–Kier alpha value is -3.61. The van der Waals surface area contributed by atoms with Crippen LogP contribution in [0.15, 0.2) is 67.1 Å². The minimum atomic E-state index is -0.919.